The van der Waals surface area contributed by atoms with Crippen LogP contribution in [0, 0.1) is 5.82 Å². The summed E-state index contributed by atoms with van der Waals surface area (Å²) in [5.74, 6) is -1.31. The van der Waals surface area contributed by atoms with Crippen LogP contribution in [0.3, 0.4) is 0 Å². The molecular weight excluding hydrogens is 351 g/mol. The van der Waals surface area contributed by atoms with Crippen LogP contribution in [-0.2, 0) is 16.1 Å². The van der Waals surface area contributed by atoms with Gasteiger partial charge in [-0.05, 0) is 43.3 Å². The van der Waals surface area contributed by atoms with Gasteiger partial charge in [-0.3, -0.25) is 14.6 Å². The number of carbonyl (C=O) groups excluding carboxylic acids is 3. The summed E-state index contributed by atoms with van der Waals surface area (Å²) in [7, 11) is 0. The summed E-state index contributed by atoms with van der Waals surface area (Å²) in [6.45, 7) is 2.29. The van der Waals surface area contributed by atoms with Crippen molar-refractivity contribution in [3.63, 3.8) is 0 Å². The summed E-state index contributed by atoms with van der Waals surface area (Å²) in [5.41, 5.74) is 0.858. The molecule has 1 aliphatic heterocycles. The van der Waals surface area contributed by atoms with Crippen molar-refractivity contribution < 1.29 is 18.8 Å². The largest absolute Gasteiger partial charge is 0.356 e. The Morgan fingerprint density at radius 2 is 1.93 bits per heavy atom. The number of pyridine rings is 1. The van der Waals surface area contributed by atoms with Crippen molar-refractivity contribution in [1.82, 2.24) is 15.2 Å². The van der Waals surface area contributed by atoms with Gasteiger partial charge in [0.05, 0.1) is 24.3 Å². The Balaban J connectivity index is 1.91. The fourth-order valence-corrected chi connectivity index (χ4v) is 2.95. The van der Waals surface area contributed by atoms with E-state index in [-0.39, 0.29) is 24.6 Å². The van der Waals surface area contributed by atoms with E-state index in [0.717, 1.165) is 4.90 Å². The molecule has 8 heteroatoms. The van der Waals surface area contributed by atoms with Gasteiger partial charge in [0.15, 0.2) is 0 Å². The van der Waals surface area contributed by atoms with Gasteiger partial charge in [-0.1, -0.05) is 6.07 Å². The van der Waals surface area contributed by atoms with E-state index in [1.54, 1.807) is 31.3 Å². The second-order valence-corrected chi connectivity index (χ2v) is 6.06. The molecule has 2 heterocycles. The second kappa shape index (κ2) is 7.94. The maximum atomic E-state index is 13.2. The number of nitrogens with one attached hydrogen (secondary N) is 1. The molecule has 1 atom stereocenters. The third-order valence-corrected chi connectivity index (χ3v) is 4.21. The summed E-state index contributed by atoms with van der Waals surface area (Å²) in [6, 6.07) is 8.83. The lowest BCUT2D eigenvalue weighted by molar-refractivity contribution is -0.127. The van der Waals surface area contributed by atoms with Crippen LogP contribution in [-0.4, -0.2) is 40.3 Å². The molecule has 0 radical (unpaired) electrons. The molecule has 0 bridgehead atoms. The Bertz CT molecular complexity index is 842. The number of halogens is 1. The zero-order chi connectivity index (χ0) is 19.4. The predicted octanol–water partition coefficient (Wildman–Crippen LogP) is 2.08. The molecule has 1 N–H and O–H groups in total. The summed E-state index contributed by atoms with van der Waals surface area (Å²) in [6.07, 6.45) is 1.44. The number of nitrogens with zero attached hydrogens (tertiary/aromatic N) is 3. The lowest BCUT2D eigenvalue weighted by Gasteiger charge is -2.21. The molecule has 1 aromatic heterocycles. The van der Waals surface area contributed by atoms with E-state index in [1.165, 1.54) is 29.2 Å². The molecule has 27 heavy (non-hydrogen) atoms. The molecule has 1 saturated heterocycles. The highest BCUT2D eigenvalue weighted by Gasteiger charge is 2.46. The third kappa shape index (κ3) is 3.94. The summed E-state index contributed by atoms with van der Waals surface area (Å²) in [4.78, 5) is 44.4. The van der Waals surface area contributed by atoms with Gasteiger partial charge in [-0.2, -0.15) is 0 Å². The number of hydrogen-bond donors (Lipinski definition) is 1. The first-order valence-electron chi connectivity index (χ1n) is 8.58. The monoisotopic (exact) mass is 370 g/mol. The lowest BCUT2D eigenvalue weighted by Crippen LogP contribution is -2.39. The van der Waals surface area contributed by atoms with E-state index in [1.807, 2.05) is 0 Å². The SMILES string of the molecule is CCNC(=O)C[C@@H]1C(=O)N(c2ccc(F)cc2)C(=O)N1Cc1ccccn1. The number of benzene rings is 1. The van der Waals surface area contributed by atoms with Gasteiger partial charge in [0.25, 0.3) is 5.91 Å². The quantitative estimate of drug-likeness (QED) is 0.790. The first-order chi connectivity index (χ1) is 13.0. The first kappa shape index (κ1) is 18.5. The smallest absolute Gasteiger partial charge is 0.332 e. The average Bonchev–Trinajstić information content (AvgIpc) is 2.88. The molecule has 0 unspecified atom stereocenters. The van der Waals surface area contributed by atoms with Gasteiger partial charge in [-0.25, -0.2) is 14.1 Å². The van der Waals surface area contributed by atoms with E-state index in [2.05, 4.69) is 10.3 Å². The minimum absolute atomic E-state index is 0.0905. The highest BCUT2D eigenvalue weighted by molar-refractivity contribution is 6.22. The van der Waals surface area contributed by atoms with Crippen LogP contribution < -0.4 is 10.2 Å². The Labute approximate surface area is 155 Å². The predicted molar refractivity (Wildman–Crippen MR) is 96.2 cm³/mol. The van der Waals surface area contributed by atoms with Crippen molar-refractivity contribution in [3.05, 3.63) is 60.2 Å². The number of imide groups is 1. The van der Waals surface area contributed by atoms with Crippen LogP contribution in [0.5, 0.6) is 0 Å². The minimum Gasteiger partial charge on any atom is -0.356 e. The number of carbonyl (C=O) groups is 3. The summed E-state index contributed by atoms with van der Waals surface area (Å²) >= 11 is 0. The number of amides is 4. The van der Waals surface area contributed by atoms with Crippen molar-refractivity contribution in [2.45, 2.75) is 25.9 Å². The van der Waals surface area contributed by atoms with Crippen LogP contribution in [0.2, 0.25) is 0 Å². The van der Waals surface area contributed by atoms with Gasteiger partial charge in [0.2, 0.25) is 5.91 Å². The Morgan fingerprint density at radius 3 is 2.56 bits per heavy atom. The molecule has 1 aliphatic rings. The maximum Gasteiger partial charge on any atom is 0.332 e. The molecule has 1 aromatic carbocycles. The number of rotatable bonds is 6. The van der Waals surface area contributed by atoms with Gasteiger partial charge >= 0.3 is 6.03 Å². The molecular formula is C19H19FN4O3. The molecule has 0 saturated carbocycles. The molecule has 4 amide bonds. The van der Waals surface area contributed by atoms with Crippen molar-refractivity contribution in [3.8, 4) is 0 Å². The fraction of sp³-hybridized carbons (Fsp3) is 0.263. The summed E-state index contributed by atoms with van der Waals surface area (Å²) in [5, 5.41) is 2.64. The van der Waals surface area contributed by atoms with Gasteiger partial charge in [0.1, 0.15) is 11.9 Å². The lowest BCUT2D eigenvalue weighted by atomic mass is 10.1. The Kier molecular flexibility index (Phi) is 5.44. The molecule has 0 aliphatic carbocycles. The Morgan fingerprint density at radius 1 is 1.19 bits per heavy atom. The van der Waals surface area contributed by atoms with Crippen LogP contribution in [0.15, 0.2) is 48.7 Å². The van der Waals surface area contributed by atoms with Gasteiger partial charge < -0.3 is 10.2 Å². The molecule has 2 aromatic rings. The van der Waals surface area contributed by atoms with Crippen LogP contribution >= 0.6 is 0 Å². The maximum absolute atomic E-state index is 13.2. The van der Waals surface area contributed by atoms with E-state index >= 15 is 0 Å². The molecule has 7 nitrogen and oxygen atoms in total. The third-order valence-electron chi connectivity index (χ3n) is 4.21. The molecule has 1 fully saturated rings. The number of urea groups is 1. The van der Waals surface area contributed by atoms with Crippen molar-refractivity contribution in [1.29, 1.82) is 0 Å². The first-order valence-corrected chi connectivity index (χ1v) is 8.58. The highest BCUT2D eigenvalue weighted by atomic mass is 19.1. The van der Waals surface area contributed by atoms with E-state index < -0.39 is 23.8 Å². The number of aromatic nitrogens is 1. The van der Waals surface area contributed by atoms with Crippen molar-refractivity contribution in [2.75, 3.05) is 11.4 Å². The zero-order valence-corrected chi connectivity index (χ0v) is 14.8. The van der Waals surface area contributed by atoms with Crippen LogP contribution in [0.1, 0.15) is 19.0 Å². The number of hydrogen-bond acceptors (Lipinski definition) is 4. The molecule has 140 valence electrons. The molecule has 0 spiro atoms. The van der Waals surface area contributed by atoms with Crippen molar-refractivity contribution in [2.24, 2.45) is 0 Å². The van der Waals surface area contributed by atoms with E-state index in [4.69, 9.17) is 0 Å². The average molecular weight is 370 g/mol. The van der Waals surface area contributed by atoms with E-state index in [9.17, 15) is 18.8 Å². The normalized spacial score (nSPS) is 16.7. The summed E-state index contributed by atoms with van der Waals surface area (Å²) < 4.78 is 13.2. The molecule has 3 rings (SSSR count). The number of anilines is 1. The topological polar surface area (TPSA) is 82.6 Å². The Hall–Kier alpha value is -3.29. The zero-order valence-electron chi connectivity index (χ0n) is 14.8. The van der Waals surface area contributed by atoms with Gasteiger partial charge in [0, 0.05) is 12.7 Å². The van der Waals surface area contributed by atoms with Crippen LogP contribution in [0.25, 0.3) is 0 Å². The fourth-order valence-electron chi connectivity index (χ4n) is 2.95. The van der Waals surface area contributed by atoms with Gasteiger partial charge in [-0.15, -0.1) is 0 Å². The minimum atomic E-state index is -0.948. The highest BCUT2D eigenvalue weighted by Crippen LogP contribution is 2.28. The standard InChI is InChI=1S/C19H19FN4O3/c1-2-21-17(25)11-16-18(26)24(15-8-6-13(20)7-9-15)19(27)23(16)12-14-5-3-4-10-22-14/h3-10,16H,2,11-12H2,1H3,(H,21,25)/t16-/m1/s1. The second-order valence-electron chi connectivity index (χ2n) is 6.06. The van der Waals surface area contributed by atoms with Crippen molar-refractivity contribution >= 4 is 23.5 Å². The van der Waals surface area contributed by atoms with Crippen LogP contribution in [0.4, 0.5) is 14.9 Å². The van der Waals surface area contributed by atoms with E-state index in [0.29, 0.717) is 12.2 Å².